The fourth-order valence-corrected chi connectivity index (χ4v) is 4.92. The molecule has 28 heavy (non-hydrogen) atoms. The molecule has 2 atom stereocenters. The zero-order valence-electron chi connectivity index (χ0n) is 18.1. The Morgan fingerprint density at radius 1 is 1.21 bits per heavy atom. The predicted octanol–water partition coefficient (Wildman–Crippen LogP) is 4.97. The van der Waals surface area contributed by atoms with Crippen LogP contribution in [0.5, 0.6) is 0 Å². The van der Waals surface area contributed by atoms with Gasteiger partial charge in [-0.2, -0.15) is 0 Å². The van der Waals surface area contributed by atoms with Crippen LogP contribution in [-0.4, -0.2) is 36.3 Å². The molecule has 0 bridgehead atoms. The smallest absolute Gasteiger partial charge is 0.227 e. The summed E-state index contributed by atoms with van der Waals surface area (Å²) in [4.78, 5) is 29.0. The first kappa shape index (κ1) is 20.9. The van der Waals surface area contributed by atoms with E-state index >= 15 is 0 Å². The second-order valence-corrected chi connectivity index (χ2v) is 9.13. The van der Waals surface area contributed by atoms with Crippen molar-refractivity contribution in [2.75, 3.05) is 18.5 Å². The van der Waals surface area contributed by atoms with E-state index < -0.39 is 0 Å². The van der Waals surface area contributed by atoms with Crippen LogP contribution in [0, 0.1) is 6.92 Å². The molecule has 2 unspecified atom stereocenters. The first-order valence-corrected chi connectivity index (χ1v) is 11.0. The van der Waals surface area contributed by atoms with Gasteiger partial charge in [0.1, 0.15) is 0 Å². The molecule has 1 saturated heterocycles. The average Bonchev–Trinajstić information content (AvgIpc) is 3.13. The summed E-state index contributed by atoms with van der Waals surface area (Å²) in [5.41, 5.74) is 3.50. The van der Waals surface area contributed by atoms with Crippen molar-refractivity contribution in [3.05, 3.63) is 29.3 Å². The number of carbonyl (C=O) groups is 2. The highest BCUT2D eigenvalue weighted by molar-refractivity contribution is 5.96. The molecule has 2 amide bonds. The zero-order chi connectivity index (χ0) is 20.3. The number of amides is 2. The van der Waals surface area contributed by atoms with Gasteiger partial charge in [-0.1, -0.05) is 57.2 Å². The Kier molecular flexibility index (Phi) is 6.47. The number of fused-ring (bicyclic) bond motifs is 1. The van der Waals surface area contributed by atoms with E-state index in [0.29, 0.717) is 12.8 Å². The quantitative estimate of drug-likeness (QED) is 0.594. The van der Waals surface area contributed by atoms with Crippen molar-refractivity contribution in [2.45, 2.75) is 90.0 Å². The Hall–Kier alpha value is -1.84. The molecule has 4 heteroatoms. The number of anilines is 1. The van der Waals surface area contributed by atoms with Crippen LogP contribution in [0.1, 0.15) is 82.8 Å². The van der Waals surface area contributed by atoms with Gasteiger partial charge in [-0.3, -0.25) is 9.59 Å². The van der Waals surface area contributed by atoms with Gasteiger partial charge in [0.25, 0.3) is 0 Å². The van der Waals surface area contributed by atoms with Gasteiger partial charge in [0.15, 0.2) is 0 Å². The molecule has 3 rings (SSSR count). The Bertz CT molecular complexity index is 729. The first-order valence-electron chi connectivity index (χ1n) is 11.0. The third-order valence-corrected chi connectivity index (χ3v) is 6.71. The standard InChI is InChI=1S/C24H36N2O2/c1-5-6-7-8-9-10-23(28)26-17-24(3,16-19-12-14-22(27)25(19)4)20-15-18(2)11-13-21(20)26/h11,13,15,19H,5-10,12,14,16-17H2,1-4H3. The number of unbranched alkanes of at least 4 members (excludes halogenated alkanes) is 4. The van der Waals surface area contributed by atoms with Crippen molar-refractivity contribution in [2.24, 2.45) is 0 Å². The number of likely N-dealkylation sites (tertiary alicyclic amines) is 1. The molecule has 0 aromatic heterocycles. The summed E-state index contributed by atoms with van der Waals surface area (Å²) < 4.78 is 0. The van der Waals surface area contributed by atoms with Crippen LogP contribution in [0.2, 0.25) is 0 Å². The lowest BCUT2D eigenvalue weighted by atomic mass is 9.78. The number of aryl methyl sites for hydroxylation is 1. The lowest BCUT2D eigenvalue weighted by Gasteiger charge is -2.32. The van der Waals surface area contributed by atoms with Crippen LogP contribution in [-0.2, 0) is 15.0 Å². The molecule has 2 aliphatic rings. The van der Waals surface area contributed by atoms with E-state index in [1.165, 1.54) is 30.4 Å². The fraction of sp³-hybridized carbons (Fsp3) is 0.667. The van der Waals surface area contributed by atoms with Gasteiger partial charge in [0.2, 0.25) is 11.8 Å². The monoisotopic (exact) mass is 384 g/mol. The lowest BCUT2D eigenvalue weighted by Crippen LogP contribution is -2.40. The SMILES string of the molecule is CCCCCCCC(=O)N1CC(C)(CC2CCC(=O)N2C)c2cc(C)ccc21. The van der Waals surface area contributed by atoms with Crippen molar-refractivity contribution in [1.29, 1.82) is 0 Å². The molecule has 1 fully saturated rings. The van der Waals surface area contributed by atoms with Crippen LogP contribution in [0.3, 0.4) is 0 Å². The molecule has 0 N–H and O–H groups in total. The second kappa shape index (κ2) is 8.67. The largest absolute Gasteiger partial charge is 0.343 e. The Labute approximate surface area is 170 Å². The normalized spacial score (nSPS) is 24.1. The van der Waals surface area contributed by atoms with Crippen LogP contribution in [0.4, 0.5) is 5.69 Å². The maximum Gasteiger partial charge on any atom is 0.227 e. The minimum Gasteiger partial charge on any atom is -0.343 e. The fourth-order valence-electron chi connectivity index (χ4n) is 4.92. The maximum absolute atomic E-state index is 13.0. The van der Waals surface area contributed by atoms with Crippen LogP contribution in [0.25, 0.3) is 0 Å². The van der Waals surface area contributed by atoms with Crippen molar-refractivity contribution in [1.82, 2.24) is 4.90 Å². The molecule has 0 spiro atoms. The minimum atomic E-state index is -0.0945. The topological polar surface area (TPSA) is 40.6 Å². The summed E-state index contributed by atoms with van der Waals surface area (Å²) in [7, 11) is 1.93. The summed E-state index contributed by atoms with van der Waals surface area (Å²) in [6.07, 6.45) is 8.96. The summed E-state index contributed by atoms with van der Waals surface area (Å²) >= 11 is 0. The van der Waals surface area contributed by atoms with Gasteiger partial charge in [-0.25, -0.2) is 0 Å². The molecular formula is C24H36N2O2. The van der Waals surface area contributed by atoms with Gasteiger partial charge in [-0.05, 0) is 37.8 Å². The molecule has 0 saturated carbocycles. The van der Waals surface area contributed by atoms with E-state index in [1.807, 2.05) is 16.8 Å². The molecule has 0 aliphatic carbocycles. The highest BCUT2D eigenvalue weighted by Gasteiger charge is 2.44. The molecule has 2 aliphatic heterocycles. The minimum absolute atomic E-state index is 0.0945. The third kappa shape index (κ3) is 4.26. The van der Waals surface area contributed by atoms with Gasteiger partial charge < -0.3 is 9.80 Å². The Morgan fingerprint density at radius 2 is 1.96 bits per heavy atom. The second-order valence-electron chi connectivity index (χ2n) is 9.13. The summed E-state index contributed by atoms with van der Waals surface area (Å²) in [6.45, 7) is 7.34. The molecule has 4 nitrogen and oxygen atoms in total. The number of benzene rings is 1. The zero-order valence-corrected chi connectivity index (χ0v) is 18.1. The van der Waals surface area contributed by atoms with E-state index in [0.717, 1.165) is 37.9 Å². The summed E-state index contributed by atoms with van der Waals surface area (Å²) in [5.74, 6) is 0.497. The Balaban J connectivity index is 1.74. The highest BCUT2D eigenvalue weighted by atomic mass is 16.2. The molecule has 1 aromatic rings. The van der Waals surface area contributed by atoms with Crippen molar-refractivity contribution < 1.29 is 9.59 Å². The van der Waals surface area contributed by atoms with E-state index in [9.17, 15) is 9.59 Å². The van der Waals surface area contributed by atoms with Crippen molar-refractivity contribution in [3.63, 3.8) is 0 Å². The van der Waals surface area contributed by atoms with Crippen molar-refractivity contribution >= 4 is 17.5 Å². The number of rotatable bonds is 8. The number of nitrogens with zero attached hydrogens (tertiary/aromatic N) is 2. The molecule has 154 valence electrons. The average molecular weight is 385 g/mol. The molecular weight excluding hydrogens is 348 g/mol. The van der Waals surface area contributed by atoms with Crippen molar-refractivity contribution in [3.8, 4) is 0 Å². The predicted molar refractivity (Wildman–Crippen MR) is 115 cm³/mol. The van der Waals surface area contributed by atoms with E-state index in [1.54, 1.807) is 0 Å². The maximum atomic E-state index is 13.0. The molecule has 0 radical (unpaired) electrons. The van der Waals surface area contributed by atoms with Crippen LogP contribution >= 0.6 is 0 Å². The molecule has 1 aromatic carbocycles. The number of carbonyl (C=O) groups excluding carboxylic acids is 2. The number of hydrogen-bond donors (Lipinski definition) is 0. The summed E-state index contributed by atoms with van der Waals surface area (Å²) in [6, 6.07) is 6.75. The Morgan fingerprint density at radius 3 is 2.64 bits per heavy atom. The van der Waals surface area contributed by atoms with Gasteiger partial charge in [0, 0.05) is 43.6 Å². The summed E-state index contributed by atoms with van der Waals surface area (Å²) in [5, 5.41) is 0. The van der Waals surface area contributed by atoms with E-state index in [4.69, 9.17) is 0 Å². The lowest BCUT2D eigenvalue weighted by molar-refractivity contribution is -0.127. The van der Waals surface area contributed by atoms with E-state index in [-0.39, 0.29) is 23.3 Å². The van der Waals surface area contributed by atoms with Crippen LogP contribution in [0.15, 0.2) is 18.2 Å². The van der Waals surface area contributed by atoms with Crippen LogP contribution < -0.4 is 4.90 Å². The third-order valence-electron chi connectivity index (χ3n) is 6.71. The first-order chi connectivity index (χ1) is 13.4. The number of hydrogen-bond acceptors (Lipinski definition) is 2. The molecule has 2 heterocycles. The van der Waals surface area contributed by atoms with Gasteiger partial charge in [-0.15, -0.1) is 0 Å². The van der Waals surface area contributed by atoms with E-state index in [2.05, 4.69) is 39.0 Å². The van der Waals surface area contributed by atoms with Gasteiger partial charge in [0.05, 0.1) is 0 Å². The highest BCUT2D eigenvalue weighted by Crippen LogP contribution is 2.45. The van der Waals surface area contributed by atoms with Gasteiger partial charge >= 0.3 is 0 Å².